The molecule has 0 saturated carbocycles. The van der Waals surface area contributed by atoms with Crippen molar-refractivity contribution >= 4 is 39.2 Å². The van der Waals surface area contributed by atoms with Gasteiger partial charge in [0.15, 0.2) is 0 Å². The number of carboxylic acids is 2. The molecule has 11 heavy (non-hydrogen) atoms. The van der Waals surface area contributed by atoms with Crippen molar-refractivity contribution in [2.24, 2.45) is 5.73 Å². The first-order valence-electron chi connectivity index (χ1n) is 2.70. The molecule has 0 spiro atoms. The molecule has 0 aliphatic rings. The Labute approximate surface area is 83.7 Å². The van der Waals surface area contributed by atoms with Gasteiger partial charge in [-0.1, -0.05) is 0 Å². The van der Waals surface area contributed by atoms with E-state index < -0.39 is 18.0 Å². The van der Waals surface area contributed by atoms with E-state index in [9.17, 15) is 19.8 Å². The first kappa shape index (κ1) is 13.4. The van der Waals surface area contributed by atoms with E-state index in [0.717, 1.165) is 0 Å². The molecule has 60 valence electrons. The summed E-state index contributed by atoms with van der Waals surface area (Å²) in [6.07, 6.45) is -0.500. The molecule has 0 amide bonds. The van der Waals surface area contributed by atoms with E-state index in [1.807, 2.05) is 0 Å². The Bertz CT molecular complexity index is 149. The summed E-state index contributed by atoms with van der Waals surface area (Å²) in [5, 5.41) is 19.6. The van der Waals surface area contributed by atoms with Crippen LogP contribution in [0, 0.1) is 0 Å². The number of carboxylic acid groups (broad SMARTS) is 2. The van der Waals surface area contributed by atoms with Crippen LogP contribution in [0.25, 0.3) is 0 Å². The standard InChI is InChI=1S/C5H9NO4.Pb/c6-3(5(9)10)1-2-4(7)8;/h3H,1-2,6H2,(H,7,8)(H,9,10);/q;+2/p-2/t3-;/m0./s1. The maximum absolute atomic E-state index is 9.86. The summed E-state index contributed by atoms with van der Waals surface area (Å²) in [6, 6.07) is -1.21. The van der Waals surface area contributed by atoms with E-state index in [1.54, 1.807) is 0 Å². The molecule has 1 atom stereocenters. The number of carbonyl (C=O) groups excluding carboxylic acids is 2. The van der Waals surface area contributed by atoms with Crippen LogP contribution in [0.5, 0.6) is 0 Å². The average molecular weight is 352 g/mol. The first-order chi connectivity index (χ1) is 4.54. The van der Waals surface area contributed by atoms with Gasteiger partial charge in [0, 0.05) is 12.0 Å². The predicted octanol–water partition coefficient (Wildman–Crippen LogP) is -3.79. The number of hydrogen-bond donors (Lipinski definition) is 1. The van der Waals surface area contributed by atoms with E-state index in [0.29, 0.717) is 0 Å². The van der Waals surface area contributed by atoms with E-state index >= 15 is 0 Å². The smallest absolute Gasteiger partial charge is 0.550 e. The van der Waals surface area contributed by atoms with Gasteiger partial charge in [0.05, 0.1) is 5.97 Å². The minimum Gasteiger partial charge on any atom is -0.550 e. The second kappa shape index (κ2) is 6.53. The van der Waals surface area contributed by atoms with E-state index in [-0.39, 0.29) is 40.1 Å². The molecule has 2 N–H and O–H groups in total. The summed E-state index contributed by atoms with van der Waals surface area (Å²) < 4.78 is 0. The van der Waals surface area contributed by atoms with Crippen molar-refractivity contribution in [3.05, 3.63) is 0 Å². The molecule has 0 unspecified atom stereocenters. The van der Waals surface area contributed by atoms with Crippen molar-refractivity contribution in [1.29, 1.82) is 0 Å². The van der Waals surface area contributed by atoms with Crippen LogP contribution in [-0.4, -0.2) is 45.3 Å². The third kappa shape index (κ3) is 7.72. The second-order valence-electron chi connectivity index (χ2n) is 1.84. The molecule has 6 heteroatoms. The maximum atomic E-state index is 9.86. The molecule has 0 aliphatic carbocycles. The van der Waals surface area contributed by atoms with E-state index in [2.05, 4.69) is 0 Å². The molecule has 0 bridgehead atoms. The Morgan fingerprint density at radius 1 is 1.36 bits per heavy atom. The predicted molar refractivity (Wildman–Crippen MR) is 33.0 cm³/mol. The Morgan fingerprint density at radius 2 is 1.82 bits per heavy atom. The zero-order valence-electron chi connectivity index (χ0n) is 5.70. The number of hydrogen-bond acceptors (Lipinski definition) is 5. The second-order valence-corrected chi connectivity index (χ2v) is 1.84. The average Bonchev–Trinajstić information content (AvgIpc) is 1.82. The summed E-state index contributed by atoms with van der Waals surface area (Å²) in [6.45, 7) is 0. The quantitative estimate of drug-likeness (QED) is 0.523. The van der Waals surface area contributed by atoms with Crippen LogP contribution >= 0.6 is 0 Å². The molecule has 0 rings (SSSR count). The Hall–Kier alpha value is -0.178. The first-order valence-corrected chi connectivity index (χ1v) is 2.70. The topological polar surface area (TPSA) is 106 Å². The number of nitrogens with two attached hydrogens (primary N) is 1. The summed E-state index contributed by atoms with van der Waals surface area (Å²) in [5.41, 5.74) is 4.91. The SMILES string of the molecule is N[C@@H](CCC(=O)[O-])C(=O)[O-].[Pb+2]. The van der Waals surface area contributed by atoms with Gasteiger partial charge >= 0.3 is 27.3 Å². The van der Waals surface area contributed by atoms with Gasteiger partial charge in [-0.05, 0) is 12.8 Å². The van der Waals surface area contributed by atoms with E-state index in [4.69, 9.17) is 5.73 Å². The fraction of sp³-hybridized carbons (Fsp3) is 0.600. The van der Waals surface area contributed by atoms with Gasteiger partial charge in [-0.15, -0.1) is 0 Å². The molecule has 0 saturated heterocycles. The maximum Gasteiger partial charge on any atom is 2.00 e. The van der Waals surface area contributed by atoms with Crippen LogP contribution < -0.4 is 15.9 Å². The van der Waals surface area contributed by atoms with Gasteiger partial charge in [-0.3, -0.25) is 0 Å². The monoisotopic (exact) mass is 353 g/mol. The number of rotatable bonds is 4. The molecule has 0 aromatic carbocycles. The van der Waals surface area contributed by atoms with Crippen LogP contribution in [0.3, 0.4) is 0 Å². The third-order valence-corrected chi connectivity index (χ3v) is 0.962. The minimum absolute atomic E-state index is 0. The van der Waals surface area contributed by atoms with Crippen LogP contribution in [0.1, 0.15) is 12.8 Å². The van der Waals surface area contributed by atoms with Crippen LogP contribution in [0.2, 0.25) is 0 Å². The molecule has 0 aromatic rings. The normalized spacial score (nSPS) is 11.4. The Balaban J connectivity index is 0. The fourth-order valence-electron chi connectivity index (χ4n) is 0.391. The van der Waals surface area contributed by atoms with Gasteiger partial charge in [0.25, 0.3) is 0 Å². The molecule has 5 nitrogen and oxygen atoms in total. The van der Waals surface area contributed by atoms with Crippen molar-refractivity contribution in [2.75, 3.05) is 0 Å². The number of carbonyl (C=O) groups is 2. The molecule has 0 aliphatic heterocycles. The molecular weight excluding hydrogens is 345 g/mol. The molecule has 0 fully saturated rings. The Morgan fingerprint density at radius 3 is 2.09 bits per heavy atom. The van der Waals surface area contributed by atoms with Crippen molar-refractivity contribution < 1.29 is 19.8 Å². The molecule has 0 aromatic heterocycles. The summed E-state index contributed by atoms with van der Waals surface area (Å²) in [5.74, 6) is -2.75. The zero-order valence-corrected chi connectivity index (χ0v) is 9.59. The zero-order chi connectivity index (χ0) is 8.15. The van der Waals surface area contributed by atoms with Crippen LogP contribution in [0.4, 0.5) is 0 Å². The molecule has 2 radical (unpaired) electrons. The van der Waals surface area contributed by atoms with Gasteiger partial charge in [0.2, 0.25) is 0 Å². The van der Waals surface area contributed by atoms with Crippen molar-refractivity contribution in [3.8, 4) is 0 Å². The Kier molecular flexibility index (Phi) is 7.96. The summed E-state index contributed by atoms with van der Waals surface area (Å²) in [4.78, 5) is 19.6. The van der Waals surface area contributed by atoms with Gasteiger partial charge in [-0.2, -0.15) is 0 Å². The number of aliphatic carboxylic acids is 2. The van der Waals surface area contributed by atoms with Crippen molar-refractivity contribution in [2.45, 2.75) is 18.9 Å². The van der Waals surface area contributed by atoms with Crippen LogP contribution in [-0.2, 0) is 9.59 Å². The minimum atomic E-state index is -1.44. The van der Waals surface area contributed by atoms with Crippen molar-refractivity contribution in [1.82, 2.24) is 0 Å². The van der Waals surface area contributed by atoms with Gasteiger partial charge < -0.3 is 25.5 Å². The molecule has 0 heterocycles. The van der Waals surface area contributed by atoms with Crippen LogP contribution in [0.15, 0.2) is 0 Å². The van der Waals surface area contributed by atoms with Gasteiger partial charge in [0.1, 0.15) is 0 Å². The fourth-order valence-corrected chi connectivity index (χ4v) is 0.391. The summed E-state index contributed by atoms with van der Waals surface area (Å²) in [7, 11) is 0. The molecular formula is C5H7NO4Pb. The third-order valence-electron chi connectivity index (χ3n) is 0.962. The largest absolute Gasteiger partial charge is 2.00 e. The van der Waals surface area contributed by atoms with E-state index in [1.165, 1.54) is 0 Å². The summed E-state index contributed by atoms with van der Waals surface area (Å²) >= 11 is 0. The van der Waals surface area contributed by atoms with Gasteiger partial charge in [-0.25, -0.2) is 0 Å². The van der Waals surface area contributed by atoms with Crippen molar-refractivity contribution in [3.63, 3.8) is 0 Å².